The molecule has 57 heavy (non-hydrogen) atoms. The zero-order valence-electron chi connectivity index (χ0n) is 35.4. The summed E-state index contributed by atoms with van der Waals surface area (Å²) in [6.07, 6.45) is 22.6. The molecule has 0 aromatic rings. The predicted octanol–water partition coefficient (Wildman–Crippen LogP) is 10.9. The van der Waals surface area contributed by atoms with Crippen LogP contribution in [-0.2, 0) is 19.1 Å². The average molecular weight is 1120 g/mol. The van der Waals surface area contributed by atoms with Gasteiger partial charge in [0, 0.05) is 33.8 Å². The van der Waals surface area contributed by atoms with Crippen LogP contribution >= 0.6 is 76.9 Å². The molecule has 8 saturated carbocycles. The van der Waals surface area contributed by atoms with E-state index in [0.717, 1.165) is 85.9 Å². The van der Waals surface area contributed by atoms with E-state index < -0.39 is 11.2 Å². The van der Waals surface area contributed by atoms with Crippen molar-refractivity contribution in [3.63, 3.8) is 0 Å². The summed E-state index contributed by atoms with van der Waals surface area (Å²) in [5, 5.41) is 22.2. The maximum atomic E-state index is 12.5. The van der Waals surface area contributed by atoms with Crippen LogP contribution in [0, 0.1) is 81.8 Å². The van der Waals surface area contributed by atoms with Gasteiger partial charge in [-0.25, -0.2) is 0 Å². The van der Waals surface area contributed by atoms with Crippen molar-refractivity contribution < 1.29 is 29.3 Å². The van der Waals surface area contributed by atoms with Crippen molar-refractivity contribution in [2.75, 3.05) is 32.8 Å². The zero-order valence-corrected chi connectivity index (χ0v) is 43.1. The van der Waals surface area contributed by atoms with Gasteiger partial charge in [-0.1, -0.05) is 29.8 Å². The van der Waals surface area contributed by atoms with E-state index in [1.165, 1.54) is 92.3 Å². The van der Waals surface area contributed by atoms with Crippen LogP contribution in [0.25, 0.3) is 0 Å². The number of ketones is 2. The molecule has 0 saturated heterocycles. The van der Waals surface area contributed by atoms with Crippen molar-refractivity contribution in [2.45, 2.75) is 148 Å². The molecular formula is C44H72B2BrI2O6S2. The SMILES string of the molecule is COC[C@@]1(O)CC[C@H]2[C@@H](CC[C@@H]3[C@@H]2CC[C@]2(C)[C@@H](C(=O)CBr)CC[C@@H]32)C1.COC[C@@]1(O)CC[C@H]2[C@@H](CC[C@@H]3[C@@H]2CC[C@]2(C)[C@@H](C(C)=O)CC[C@@H]32)C1.SI.[B][B]SI. The highest BCUT2D eigenvalue weighted by atomic mass is 127. The Morgan fingerprint density at radius 1 is 0.702 bits per heavy atom. The number of thiol groups is 1. The summed E-state index contributed by atoms with van der Waals surface area (Å²) in [5.41, 5.74) is -0.665. The molecule has 8 aliphatic carbocycles. The van der Waals surface area contributed by atoms with Crippen molar-refractivity contribution in [1.82, 2.24) is 0 Å². The normalized spacial score (nSPS) is 46.5. The maximum absolute atomic E-state index is 12.5. The number of alkyl halides is 1. The minimum absolute atomic E-state index is 0.240. The Labute approximate surface area is 390 Å². The van der Waals surface area contributed by atoms with Crippen molar-refractivity contribution in [3.8, 4) is 0 Å². The van der Waals surface area contributed by atoms with Crippen molar-refractivity contribution in [2.24, 2.45) is 81.8 Å². The number of Topliss-reactive ketones (excluding diaryl/α,β-unsaturated/α-hetero) is 2. The minimum Gasteiger partial charge on any atom is -0.387 e. The van der Waals surface area contributed by atoms with E-state index in [0.29, 0.717) is 47.9 Å². The maximum Gasteiger partial charge on any atom is 0.149 e. The molecule has 0 aliphatic heterocycles. The molecule has 0 heterocycles. The lowest BCUT2D eigenvalue weighted by Crippen LogP contribution is -2.52. The van der Waals surface area contributed by atoms with E-state index in [2.05, 4.69) is 60.8 Å². The second-order valence-electron chi connectivity index (χ2n) is 20.5. The van der Waals surface area contributed by atoms with Crippen LogP contribution in [-0.4, -0.2) is 79.9 Å². The van der Waals surface area contributed by atoms with E-state index in [4.69, 9.17) is 17.2 Å². The Bertz CT molecular complexity index is 1340. The molecule has 8 fully saturated rings. The van der Waals surface area contributed by atoms with Gasteiger partial charge in [0.25, 0.3) is 0 Å². The minimum atomic E-state index is -0.591. The number of halogens is 3. The second kappa shape index (κ2) is 21.8. The van der Waals surface area contributed by atoms with Gasteiger partial charge < -0.3 is 19.7 Å². The number of aliphatic hydroxyl groups is 2. The van der Waals surface area contributed by atoms with Gasteiger partial charge in [-0.2, -0.15) is 8.78 Å². The summed E-state index contributed by atoms with van der Waals surface area (Å²) in [6.45, 7) is 7.65. The fourth-order valence-electron chi connectivity index (χ4n) is 16.0. The van der Waals surface area contributed by atoms with Crippen LogP contribution in [0.3, 0.4) is 0 Å². The molecule has 8 rings (SSSR count). The molecule has 6 nitrogen and oxygen atoms in total. The molecule has 13 heteroatoms. The van der Waals surface area contributed by atoms with Crippen LogP contribution in [0.1, 0.15) is 136 Å². The van der Waals surface area contributed by atoms with Crippen LogP contribution in [0.4, 0.5) is 0 Å². The van der Waals surface area contributed by atoms with Gasteiger partial charge in [-0.3, -0.25) is 9.59 Å². The van der Waals surface area contributed by atoms with E-state index in [-0.39, 0.29) is 16.7 Å². The standard InChI is InChI=1S/C22H35BrO3.C22H36O3.B2IS.HIS/c1-21-9-7-16-15-8-10-22(25,13-26-2)11-14(15)3-4-17(16)18(21)5-6-19(21)20(24)12-23;1-14(23)19-6-7-20-18-5-4-15-12-22(24,13-25-3)11-9-16(15)17(18)8-10-21(19,20)2;1-2-4-3;1-2/h14-19,25H,3-13H2,1-2H3;15-20,24H,4-13H2,1-3H3;;2H/t14-,15-,16+,17+,18-,19+,21-,22+;15-,16-,17+,18+,19+,20-,21+,22+;;/m00../s1. The van der Waals surface area contributed by atoms with E-state index in [9.17, 15) is 19.8 Å². The Morgan fingerprint density at radius 3 is 1.49 bits per heavy atom. The van der Waals surface area contributed by atoms with Gasteiger partial charge in [-0.15, -0.1) is 9.80 Å². The Kier molecular flexibility index (Phi) is 19.1. The van der Waals surface area contributed by atoms with E-state index in [1.807, 2.05) is 28.1 Å². The summed E-state index contributed by atoms with van der Waals surface area (Å²) < 4.78 is 10.6. The number of hydrogen-bond acceptors (Lipinski definition) is 8. The molecule has 0 aromatic carbocycles. The third-order valence-electron chi connectivity index (χ3n) is 18.1. The number of methoxy groups -OCH3 is 2. The number of fused-ring (bicyclic) bond motifs is 10. The Hall–Kier alpha value is 1.95. The second-order valence-corrected chi connectivity index (χ2v) is 23.0. The molecule has 2 N–H and O–H groups in total. The molecular weight excluding hydrogens is 1040 g/mol. The highest BCUT2D eigenvalue weighted by molar-refractivity contribution is 14.2. The molecule has 0 unspecified atom stereocenters. The topological polar surface area (TPSA) is 93.1 Å². The average Bonchev–Trinajstić information content (AvgIpc) is 3.75. The third kappa shape index (κ3) is 10.6. The van der Waals surface area contributed by atoms with E-state index >= 15 is 0 Å². The lowest BCUT2D eigenvalue weighted by Gasteiger charge is -2.57. The number of ether oxygens (including phenoxy) is 2. The largest absolute Gasteiger partial charge is 0.387 e. The summed E-state index contributed by atoms with van der Waals surface area (Å²) in [4.78, 5) is 24.7. The van der Waals surface area contributed by atoms with Gasteiger partial charge in [0.1, 0.15) is 18.0 Å². The van der Waals surface area contributed by atoms with Gasteiger partial charge in [0.05, 0.1) is 29.7 Å². The van der Waals surface area contributed by atoms with Crippen molar-refractivity contribution in [1.29, 1.82) is 0 Å². The zero-order chi connectivity index (χ0) is 41.8. The van der Waals surface area contributed by atoms with Gasteiger partial charge >= 0.3 is 0 Å². The summed E-state index contributed by atoms with van der Waals surface area (Å²) in [5.74, 6) is 9.25. The summed E-state index contributed by atoms with van der Waals surface area (Å²) in [6, 6.07) is 0. The number of rotatable bonds is 8. The highest BCUT2D eigenvalue weighted by Gasteiger charge is 2.60. The lowest BCUT2D eigenvalue weighted by atomic mass is 9.49. The number of carbonyl (C=O) groups excluding carboxylic acids is 2. The molecule has 0 bridgehead atoms. The smallest absolute Gasteiger partial charge is 0.149 e. The van der Waals surface area contributed by atoms with Crippen LogP contribution in [0.15, 0.2) is 0 Å². The first-order chi connectivity index (χ1) is 27.2. The monoisotopic (exact) mass is 1120 g/mol. The molecule has 323 valence electrons. The first kappa shape index (κ1) is 50.0. The first-order valence-electron chi connectivity index (χ1n) is 22.2. The fraction of sp³-hybridized carbons (Fsp3) is 0.955. The molecule has 0 aromatic heterocycles. The lowest BCUT2D eigenvalue weighted by molar-refractivity contribution is -0.135. The summed E-state index contributed by atoms with van der Waals surface area (Å²) in [7, 11) is 13.2. The van der Waals surface area contributed by atoms with Crippen LogP contribution in [0.2, 0.25) is 0 Å². The summed E-state index contributed by atoms with van der Waals surface area (Å²) >= 11 is 7.35. The van der Waals surface area contributed by atoms with Crippen molar-refractivity contribution in [3.05, 3.63) is 0 Å². The molecule has 8 aliphatic rings. The van der Waals surface area contributed by atoms with Crippen molar-refractivity contribution >= 4 is 103 Å². The third-order valence-corrected chi connectivity index (χ3v) is 19.6. The molecule has 16 atom stereocenters. The first-order valence-corrected chi connectivity index (χ1v) is 30.0. The van der Waals surface area contributed by atoms with Gasteiger partial charge in [0.2, 0.25) is 0 Å². The molecule has 0 amide bonds. The highest BCUT2D eigenvalue weighted by Crippen LogP contribution is 2.66. The van der Waals surface area contributed by atoms with Gasteiger partial charge in [-0.05, 0) is 235 Å². The van der Waals surface area contributed by atoms with E-state index in [1.54, 1.807) is 14.2 Å². The number of hydrogen-bond donors (Lipinski definition) is 3. The fourth-order valence-corrected chi connectivity index (χ4v) is 16.4. The molecule has 3 radical (unpaired) electrons. The molecule has 0 spiro atoms. The van der Waals surface area contributed by atoms with Gasteiger partial charge in [0.15, 0.2) is 0 Å². The van der Waals surface area contributed by atoms with Crippen LogP contribution in [0.5, 0.6) is 0 Å². The predicted molar refractivity (Wildman–Crippen MR) is 260 cm³/mol. The number of carbonyl (C=O) groups is 2. The Balaban J connectivity index is 0.000000192. The Morgan fingerprint density at radius 2 is 1.11 bits per heavy atom. The quantitative estimate of drug-likeness (QED) is 0.0965. The van der Waals surface area contributed by atoms with Crippen LogP contribution < -0.4 is 0 Å².